The molecule has 0 saturated heterocycles. The second kappa shape index (κ2) is 8.71. The second-order valence-electron chi connectivity index (χ2n) is 6.09. The van der Waals surface area contributed by atoms with Gasteiger partial charge in [-0.25, -0.2) is 0 Å². The lowest BCUT2D eigenvalue weighted by Crippen LogP contribution is -1.93. The van der Waals surface area contributed by atoms with Gasteiger partial charge >= 0.3 is 0 Å². The van der Waals surface area contributed by atoms with Crippen LogP contribution in [0.25, 0.3) is 10.8 Å². The maximum Gasteiger partial charge on any atom is 0.0396 e. The number of aryl methyl sites for hydroxylation is 1. The van der Waals surface area contributed by atoms with Crippen molar-refractivity contribution in [2.24, 2.45) is 0 Å². The maximum absolute atomic E-state index is 6.16. The molecule has 21 heavy (non-hydrogen) atoms. The first-order valence-corrected chi connectivity index (χ1v) is 8.59. The van der Waals surface area contributed by atoms with Crippen molar-refractivity contribution in [2.45, 2.75) is 64.7 Å². The van der Waals surface area contributed by atoms with Crippen LogP contribution in [-0.4, -0.2) is 0 Å². The molecule has 1 heteroatoms. The molecule has 0 amide bonds. The number of rotatable bonds is 9. The van der Waals surface area contributed by atoms with Crippen LogP contribution < -0.4 is 5.73 Å². The van der Waals surface area contributed by atoms with Gasteiger partial charge < -0.3 is 5.73 Å². The van der Waals surface area contributed by atoms with Crippen LogP contribution in [0.15, 0.2) is 36.4 Å². The van der Waals surface area contributed by atoms with Gasteiger partial charge in [-0.05, 0) is 29.9 Å². The summed E-state index contributed by atoms with van der Waals surface area (Å²) in [5.41, 5.74) is 8.49. The molecule has 0 unspecified atom stereocenters. The number of benzene rings is 2. The summed E-state index contributed by atoms with van der Waals surface area (Å²) in [6.07, 6.45) is 12.1. The molecule has 2 aromatic rings. The van der Waals surface area contributed by atoms with Crippen LogP contribution in [-0.2, 0) is 6.42 Å². The lowest BCUT2D eigenvalue weighted by molar-refractivity contribution is 0.576. The van der Waals surface area contributed by atoms with E-state index >= 15 is 0 Å². The highest BCUT2D eigenvalue weighted by molar-refractivity contribution is 5.95. The molecule has 2 N–H and O–H groups in total. The van der Waals surface area contributed by atoms with Crippen LogP contribution in [0.3, 0.4) is 0 Å². The molecule has 0 fully saturated rings. The van der Waals surface area contributed by atoms with Gasteiger partial charge in [-0.2, -0.15) is 0 Å². The summed E-state index contributed by atoms with van der Waals surface area (Å²) in [6.45, 7) is 2.27. The van der Waals surface area contributed by atoms with Crippen molar-refractivity contribution >= 4 is 16.5 Å². The molecule has 0 aliphatic carbocycles. The van der Waals surface area contributed by atoms with E-state index in [-0.39, 0.29) is 0 Å². The average Bonchev–Trinajstić information content (AvgIpc) is 2.50. The summed E-state index contributed by atoms with van der Waals surface area (Å²) >= 11 is 0. The number of hydrogen-bond acceptors (Lipinski definition) is 1. The normalized spacial score (nSPS) is 11.1. The summed E-state index contributed by atoms with van der Waals surface area (Å²) < 4.78 is 0. The zero-order valence-corrected chi connectivity index (χ0v) is 13.4. The first-order chi connectivity index (χ1) is 10.3. The Bertz CT molecular complexity index is 539. The Hall–Kier alpha value is -1.50. The van der Waals surface area contributed by atoms with E-state index in [1.807, 2.05) is 12.1 Å². The van der Waals surface area contributed by atoms with E-state index in [1.54, 1.807) is 0 Å². The van der Waals surface area contributed by atoms with Crippen LogP contribution in [0.5, 0.6) is 0 Å². The summed E-state index contributed by atoms with van der Waals surface area (Å²) in [6, 6.07) is 12.8. The highest BCUT2D eigenvalue weighted by Gasteiger charge is 2.03. The minimum atomic E-state index is 0.919. The Morgan fingerprint density at radius 2 is 1.38 bits per heavy atom. The zero-order chi connectivity index (χ0) is 14.9. The van der Waals surface area contributed by atoms with Crippen molar-refractivity contribution in [3.05, 3.63) is 42.0 Å². The van der Waals surface area contributed by atoms with Crippen LogP contribution in [0.1, 0.15) is 63.9 Å². The standard InChI is InChI=1S/C20H29N/c1-2-3-4-5-6-7-8-9-12-17-13-10-14-18-15-11-16-19(21)20(17)18/h10-11,13-16H,2-9,12,21H2,1H3. The van der Waals surface area contributed by atoms with E-state index in [9.17, 15) is 0 Å². The van der Waals surface area contributed by atoms with E-state index in [4.69, 9.17) is 5.73 Å². The fourth-order valence-corrected chi connectivity index (χ4v) is 3.11. The molecule has 0 aliphatic rings. The Balaban J connectivity index is 1.79. The number of anilines is 1. The first-order valence-electron chi connectivity index (χ1n) is 8.59. The molecule has 0 radical (unpaired) electrons. The number of nitrogen functional groups attached to an aromatic ring is 1. The van der Waals surface area contributed by atoms with Crippen LogP contribution in [0.4, 0.5) is 5.69 Å². The molecule has 0 atom stereocenters. The molecule has 0 bridgehead atoms. The number of nitrogens with two attached hydrogens (primary N) is 1. The first kappa shape index (κ1) is 15.9. The van der Waals surface area contributed by atoms with Crippen LogP contribution in [0.2, 0.25) is 0 Å². The van der Waals surface area contributed by atoms with E-state index < -0.39 is 0 Å². The molecule has 0 heterocycles. The van der Waals surface area contributed by atoms with E-state index in [2.05, 4.69) is 31.2 Å². The van der Waals surface area contributed by atoms with Crippen molar-refractivity contribution in [3.8, 4) is 0 Å². The minimum absolute atomic E-state index is 0.919. The zero-order valence-electron chi connectivity index (χ0n) is 13.4. The molecule has 2 aromatic carbocycles. The van der Waals surface area contributed by atoms with Crippen molar-refractivity contribution < 1.29 is 0 Å². The summed E-state index contributed by atoms with van der Waals surface area (Å²) in [5, 5.41) is 2.54. The number of hydrogen-bond donors (Lipinski definition) is 1. The average molecular weight is 283 g/mol. The van der Waals surface area contributed by atoms with E-state index in [0.717, 1.165) is 12.1 Å². The Kier molecular flexibility index (Phi) is 6.59. The Morgan fingerprint density at radius 1 is 0.762 bits per heavy atom. The highest BCUT2D eigenvalue weighted by Crippen LogP contribution is 2.26. The van der Waals surface area contributed by atoms with Gasteiger partial charge in [0.2, 0.25) is 0 Å². The lowest BCUT2D eigenvalue weighted by Gasteiger charge is -2.09. The third kappa shape index (κ3) is 4.77. The fraction of sp³-hybridized carbons (Fsp3) is 0.500. The fourth-order valence-electron chi connectivity index (χ4n) is 3.11. The van der Waals surface area contributed by atoms with Crippen molar-refractivity contribution in [1.29, 1.82) is 0 Å². The van der Waals surface area contributed by atoms with Crippen molar-refractivity contribution in [2.75, 3.05) is 5.73 Å². The molecule has 0 spiro atoms. The minimum Gasteiger partial charge on any atom is -0.398 e. The SMILES string of the molecule is CCCCCCCCCCc1cccc2cccc(N)c12. The number of fused-ring (bicyclic) bond motifs is 1. The topological polar surface area (TPSA) is 26.0 Å². The Morgan fingerprint density at radius 3 is 2.10 bits per heavy atom. The Labute approximate surface area is 129 Å². The molecular formula is C20H29N. The van der Waals surface area contributed by atoms with E-state index in [0.29, 0.717) is 0 Å². The molecule has 1 nitrogen and oxygen atoms in total. The molecular weight excluding hydrogens is 254 g/mol. The highest BCUT2D eigenvalue weighted by atomic mass is 14.5. The predicted molar refractivity (Wildman–Crippen MR) is 94.7 cm³/mol. The summed E-state index contributed by atoms with van der Waals surface area (Å²) in [4.78, 5) is 0. The summed E-state index contributed by atoms with van der Waals surface area (Å²) in [7, 11) is 0. The molecule has 2 rings (SSSR count). The molecule has 0 aromatic heterocycles. The number of unbranched alkanes of at least 4 members (excludes halogenated alkanes) is 7. The summed E-state index contributed by atoms with van der Waals surface area (Å²) in [5.74, 6) is 0. The predicted octanol–water partition coefficient (Wildman–Crippen LogP) is 6.11. The van der Waals surface area contributed by atoms with Gasteiger partial charge in [-0.1, -0.05) is 82.2 Å². The van der Waals surface area contributed by atoms with Gasteiger partial charge in [-0.3, -0.25) is 0 Å². The van der Waals surface area contributed by atoms with Crippen LogP contribution in [0, 0.1) is 0 Å². The quantitative estimate of drug-likeness (QED) is 0.436. The monoisotopic (exact) mass is 283 g/mol. The lowest BCUT2D eigenvalue weighted by atomic mass is 9.98. The van der Waals surface area contributed by atoms with Gasteiger partial charge in [0.15, 0.2) is 0 Å². The van der Waals surface area contributed by atoms with Gasteiger partial charge in [0.1, 0.15) is 0 Å². The molecule has 114 valence electrons. The van der Waals surface area contributed by atoms with Gasteiger partial charge in [0.25, 0.3) is 0 Å². The van der Waals surface area contributed by atoms with Crippen molar-refractivity contribution in [3.63, 3.8) is 0 Å². The third-order valence-corrected chi connectivity index (χ3v) is 4.32. The maximum atomic E-state index is 6.16. The van der Waals surface area contributed by atoms with E-state index in [1.165, 1.54) is 67.7 Å². The van der Waals surface area contributed by atoms with Gasteiger partial charge in [-0.15, -0.1) is 0 Å². The molecule has 0 aliphatic heterocycles. The third-order valence-electron chi connectivity index (χ3n) is 4.32. The second-order valence-corrected chi connectivity index (χ2v) is 6.09. The smallest absolute Gasteiger partial charge is 0.0396 e. The molecule has 0 saturated carbocycles. The van der Waals surface area contributed by atoms with Gasteiger partial charge in [0.05, 0.1) is 0 Å². The van der Waals surface area contributed by atoms with Crippen LogP contribution >= 0.6 is 0 Å². The van der Waals surface area contributed by atoms with Crippen molar-refractivity contribution in [1.82, 2.24) is 0 Å². The van der Waals surface area contributed by atoms with Gasteiger partial charge in [0, 0.05) is 11.1 Å². The largest absolute Gasteiger partial charge is 0.398 e.